The monoisotopic (exact) mass is 254 g/mol. The minimum Gasteiger partial charge on any atom is -0.454 e. The van der Waals surface area contributed by atoms with Gasteiger partial charge in [-0.05, 0) is 33.1 Å². The average Bonchev–Trinajstić information content (AvgIpc) is 2.61. The minimum absolute atomic E-state index is 0.0964. The number of rotatable bonds is 4. The predicted octanol–water partition coefficient (Wildman–Crippen LogP) is 2.68. The molecule has 1 rings (SSSR count). The summed E-state index contributed by atoms with van der Waals surface area (Å²) >= 11 is 0. The van der Waals surface area contributed by atoms with Crippen molar-refractivity contribution in [3.8, 4) is 0 Å². The van der Waals surface area contributed by atoms with Crippen molar-refractivity contribution in [2.24, 2.45) is 11.7 Å². The molecule has 0 saturated heterocycles. The highest BCUT2D eigenvalue weighted by atomic mass is 16.6. The lowest BCUT2D eigenvalue weighted by Crippen LogP contribution is -2.23. The van der Waals surface area contributed by atoms with E-state index in [4.69, 9.17) is 14.9 Å². The summed E-state index contributed by atoms with van der Waals surface area (Å²) in [5, 5.41) is 0. The molecule has 0 aromatic carbocycles. The summed E-state index contributed by atoms with van der Waals surface area (Å²) in [6.45, 7) is 9.53. The van der Waals surface area contributed by atoms with Gasteiger partial charge in [0.15, 0.2) is 0 Å². The number of nitrogens with two attached hydrogens (primary N) is 1. The fourth-order valence-corrected chi connectivity index (χ4v) is 1.49. The van der Waals surface area contributed by atoms with E-state index in [1.54, 1.807) is 20.8 Å². The molecule has 0 unspecified atom stereocenters. The van der Waals surface area contributed by atoms with Gasteiger partial charge in [0.05, 0.1) is 12.2 Å². The fraction of sp³-hybridized carbons (Fsp3) is 0.692. The number of hydrogen-bond acceptors (Lipinski definition) is 5. The van der Waals surface area contributed by atoms with E-state index in [9.17, 15) is 4.79 Å². The maximum absolute atomic E-state index is 11.7. The number of ether oxygens (including phenoxy) is 1. The Bertz CT molecular complexity index is 405. The van der Waals surface area contributed by atoms with Crippen molar-refractivity contribution in [3.05, 3.63) is 17.8 Å². The molecule has 18 heavy (non-hydrogen) atoms. The second-order valence-electron chi connectivity index (χ2n) is 5.80. The van der Waals surface area contributed by atoms with Gasteiger partial charge in [-0.3, -0.25) is 0 Å². The lowest BCUT2D eigenvalue weighted by atomic mass is 10.0. The third-order valence-electron chi connectivity index (χ3n) is 2.17. The number of oxazole rings is 1. The number of carbonyl (C=O) groups is 1. The second kappa shape index (κ2) is 5.52. The maximum Gasteiger partial charge on any atom is 0.376 e. The van der Waals surface area contributed by atoms with E-state index in [1.165, 1.54) is 6.20 Å². The van der Waals surface area contributed by atoms with Crippen LogP contribution in [0.15, 0.2) is 10.6 Å². The number of aromatic nitrogens is 1. The van der Waals surface area contributed by atoms with Crippen LogP contribution in [-0.2, 0) is 4.74 Å². The molecule has 1 aromatic rings. The summed E-state index contributed by atoms with van der Waals surface area (Å²) in [4.78, 5) is 15.7. The second-order valence-corrected chi connectivity index (χ2v) is 5.80. The Morgan fingerprint density at radius 2 is 2.11 bits per heavy atom. The molecular formula is C13H22N2O3. The molecule has 102 valence electrons. The smallest absolute Gasteiger partial charge is 0.376 e. The van der Waals surface area contributed by atoms with Crippen molar-refractivity contribution in [2.45, 2.75) is 52.7 Å². The fourth-order valence-electron chi connectivity index (χ4n) is 1.49. The zero-order valence-corrected chi connectivity index (χ0v) is 11.7. The van der Waals surface area contributed by atoms with Crippen LogP contribution in [0.5, 0.6) is 0 Å². The number of hydrogen-bond donors (Lipinski definition) is 1. The van der Waals surface area contributed by atoms with Crippen molar-refractivity contribution in [1.29, 1.82) is 0 Å². The highest BCUT2D eigenvalue weighted by molar-refractivity contribution is 5.86. The van der Waals surface area contributed by atoms with Crippen molar-refractivity contribution < 1.29 is 13.9 Å². The van der Waals surface area contributed by atoms with Gasteiger partial charge in [0, 0.05) is 0 Å². The highest BCUT2D eigenvalue weighted by Gasteiger charge is 2.23. The van der Waals surface area contributed by atoms with Gasteiger partial charge in [-0.1, -0.05) is 13.8 Å². The van der Waals surface area contributed by atoms with Gasteiger partial charge in [0.1, 0.15) is 5.60 Å². The molecule has 0 fully saturated rings. The summed E-state index contributed by atoms with van der Waals surface area (Å²) < 4.78 is 10.5. The van der Waals surface area contributed by atoms with Crippen molar-refractivity contribution in [1.82, 2.24) is 4.98 Å². The zero-order chi connectivity index (χ0) is 13.9. The van der Waals surface area contributed by atoms with E-state index in [1.807, 2.05) is 0 Å². The molecule has 1 aromatic heterocycles. The van der Waals surface area contributed by atoms with E-state index >= 15 is 0 Å². The Balaban J connectivity index is 2.71. The van der Waals surface area contributed by atoms with Gasteiger partial charge in [-0.25, -0.2) is 9.78 Å². The number of nitrogens with zero attached hydrogens (tertiary/aromatic N) is 1. The average molecular weight is 254 g/mol. The Morgan fingerprint density at radius 1 is 1.50 bits per heavy atom. The molecule has 0 saturated carbocycles. The first kappa shape index (κ1) is 14.7. The molecule has 0 aliphatic carbocycles. The van der Waals surface area contributed by atoms with Gasteiger partial charge >= 0.3 is 5.97 Å². The van der Waals surface area contributed by atoms with E-state index in [0.29, 0.717) is 11.8 Å². The molecule has 0 spiro atoms. The first-order chi connectivity index (χ1) is 8.19. The molecule has 2 N–H and O–H groups in total. The van der Waals surface area contributed by atoms with Crippen molar-refractivity contribution in [3.63, 3.8) is 0 Å². The van der Waals surface area contributed by atoms with Crippen LogP contribution in [0, 0.1) is 5.92 Å². The molecule has 0 bridgehead atoms. The highest BCUT2D eigenvalue weighted by Crippen LogP contribution is 2.20. The molecule has 0 aliphatic rings. The number of carbonyl (C=O) groups excluding carboxylic acids is 1. The van der Waals surface area contributed by atoms with Crippen molar-refractivity contribution in [2.75, 3.05) is 0 Å². The zero-order valence-electron chi connectivity index (χ0n) is 11.7. The van der Waals surface area contributed by atoms with E-state index in [2.05, 4.69) is 18.8 Å². The minimum atomic E-state index is -0.552. The summed E-state index contributed by atoms with van der Waals surface area (Å²) in [5.41, 5.74) is 5.38. The largest absolute Gasteiger partial charge is 0.454 e. The molecule has 1 atom stereocenters. The van der Waals surface area contributed by atoms with E-state index < -0.39 is 11.6 Å². The lowest BCUT2D eigenvalue weighted by Gasteiger charge is -2.18. The van der Waals surface area contributed by atoms with Crippen LogP contribution in [0.2, 0.25) is 0 Å². The van der Waals surface area contributed by atoms with Crippen LogP contribution in [0.1, 0.15) is 63.5 Å². The third-order valence-corrected chi connectivity index (χ3v) is 2.17. The Labute approximate surface area is 108 Å². The van der Waals surface area contributed by atoms with Gasteiger partial charge in [-0.15, -0.1) is 0 Å². The van der Waals surface area contributed by atoms with Crippen LogP contribution in [0.4, 0.5) is 0 Å². The SMILES string of the molecule is CC(C)C[C@H](N)c1ncc(C(=O)OC(C)(C)C)o1. The Hall–Kier alpha value is -1.36. The summed E-state index contributed by atoms with van der Waals surface area (Å²) in [6.07, 6.45) is 2.12. The molecule has 5 nitrogen and oxygen atoms in total. The molecule has 0 aliphatic heterocycles. The van der Waals surface area contributed by atoms with Crippen LogP contribution in [-0.4, -0.2) is 16.6 Å². The molecule has 1 heterocycles. The Morgan fingerprint density at radius 3 is 2.61 bits per heavy atom. The summed E-state index contributed by atoms with van der Waals surface area (Å²) in [7, 11) is 0. The van der Waals surface area contributed by atoms with Crippen LogP contribution in [0.3, 0.4) is 0 Å². The molecular weight excluding hydrogens is 232 g/mol. The number of esters is 1. The predicted molar refractivity (Wildman–Crippen MR) is 68.1 cm³/mol. The van der Waals surface area contributed by atoms with E-state index in [-0.39, 0.29) is 11.8 Å². The van der Waals surface area contributed by atoms with E-state index in [0.717, 1.165) is 6.42 Å². The summed E-state index contributed by atoms with van der Waals surface area (Å²) in [6, 6.07) is -0.291. The maximum atomic E-state index is 11.7. The quantitative estimate of drug-likeness (QED) is 0.836. The van der Waals surface area contributed by atoms with Gasteiger partial charge in [0.2, 0.25) is 11.7 Å². The summed E-state index contributed by atoms with van der Waals surface area (Å²) in [5.74, 6) is 0.401. The standard InChI is InChI=1S/C13H22N2O3/c1-8(2)6-9(14)11-15-7-10(17-11)12(16)18-13(3,4)5/h7-9H,6,14H2,1-5H3/t9-/m0/s1. The molecule has 0 amide bonds. The van der Waals surface area contributed by atoms with Crippen LogP contribution < -0.4 is 5.73 Å². The first-order valence-corrected chi connectivity index (χ1v) is 6.13. The first-order valence-electron chi connectivity index (χ1n) is 6.13. The molecule has 5 heteroatoms. The topological polar surface area (TPSA) is 78.3 Å². The normalized spacial score (nSPS) is 13.7. The molecule has 0 radical (unpaired) electrons. The lowest BCUT2D eigenvalue weighted by molar-refractivity contribution is 0.00338. The van der Waals surface area contributed by atoms with Gasteiger partial charge in [-0.2, -0.15) is 0 Å². The van der Waals surface area contributed by atoms with Gasteiger partial charge in [0.25, 0.3) is 0 Å². The third kappa shape index (κ3) is 4.49. The van der Waals surface area contributed by atoms with Gasteiger partial charge < -0.3 is 14.9 Å². The Kier molecular flexibility index (Phi) is 4.51. The van der Waals surface area contributed by atoms with Crippen molar-refractivity contribution >= 4 is 5.97 Å². The van der Waals surface area contributed by atoms with Crippen LogP contribution in [0.25, 0.3) is 0 Å². The van der Waals surface area contributed by atoms with Crippen LogP contribution >= 0.6 is 0 Å².